The van der Waals surface area contributed by atoms with Crippen LogP contribution in [0.5, 0.6) is 0 Å². The van der Waals surface area contributed by atoms with Crippen molar-refractivity contribution in [1.29, 1.82) is 0 Å². The third kappa shape index (κ3) is 4.86. The number of halogens is 1. The molecule has 4 rings (SSSR count). The zero-order chi connectivity index (χ0) is 20.2. The number of carbonyl (C=O) groups excluding carboxylic acids is 2. The first kappa shape index (κ1) is 20.1. The summed E-state index contributed by atoms with van der Waals surface area (Å²) in [5.74, 6) is -0.409. The molecule has 154 valence electrons. The van der Waals surface area contributed by atoms with Crippen LogP contribution < -0.4 is 5.32 Å². The minimum atomic E-state index is -0.352. The second-order valence-electron chi connectivity index (χ2n) is 8.02. The fourth-order valence-electron chi connectivity index (χ4n) is 4.20. The van der Waals surface area contributed by atoms with Crippen LogP contribution in [0.1, 0.15) is 69.0 Å². The Labute approximate surface area is 175 Å². The highest BCUT2D eigenvalue weighted by Gasteiger charge is 2.26. The van der Waals surface area contributed by atoms with Crippen LogP contribution in [0.2, 0.25) is 0 Å². The van der Waals surface area contributed by atoms with E-state index in [4.69, 9.17) is 0 Å². The molecule has 0 unspecified atom stereocenters. The van der Waals surface area contributed by atoms with Crippen molar-refractivity contribution in [1.82, 2.24) is 10.2 Å². The quantitative estimate of drug-likeness (QED) is 0.799. The van der Waals surface area contributed by atoms with Crippen LogP contribution in [0.15, 0.2) is 30.3 Å². The molecular formula is C23H27FN2O2S. The van der Waals surface area contributed by atoms with Crippen molar-refractivity contribution in [3.63, 3.8) is 0 Å². The number of nitrogens with zero attached hydrogens (tertiary/aromatic N) is 1. The third-order valence-electron chi connectivity index (χ3n) is 5.93. The number of likely N-dealkylation sites (tertiary alicyclic amines) is 1. The SMILES string of the molecule is O=C(NC1CCN(C(=O)c2cc3c(s2)CCCCCC3)CC1)c1ccc(F)cc1. The van der Waals surface area contributed by atoms with Gasteiger partial charge in [-0.05, 0) is 74.4 Å². The molecular weight excluding hydrogens is 387 g/mol. The minimum Gasteiger partial charge on any atom is -0.349 e. The van der Waals surface area contributed by atoms with Crippen molar-refractivity contribution in [2.75, 3.05) is 13.1 Å². The predicted octanol–water partition coefficient (Wildman–Crippen LogP) is 4.58. The topological polar surface area (TPSA) is 49.4 Å². The number of carbonyl (C=O) groups is 2. The number of rotatable bonds is 3. The molecule has 1 aromatic carbocycles. The second-order valence-corrected chi connectivity index (χ2v) is 9.16. The van der Waals surface area contributed by atoms with Crippen LogP contribution in [0, 0.1) is 5.82 Å². The highest BCUT2D eigenvalue weighted by molar-refractivity contribution is 7.14. The van der Waals surface area contributed by atoms with Gasteiger partial charge in [-0.2, -0.15) is 0 Å². The summed E-state index contributed by atoms with van der Waals surface area (Å²) in [5.41, 5.74) is 1.83. The van der Waals surface area contributed by atoms with Gasteiger partial charge in [0.1, 0.15) is 5.82 Å². The molecule has 2 heterocycles. The van der Waals surface area contributed by atoms with E-state index in [1.54, 1.807) is 11.3 Å². The van der Waals surface area contributed by atoms with E-state index in [0.717, 1.165) is 30.6 Å². The molecule has 0 spiro atoms. The molecule has 2 aromatic rings. The van der Waals surface area contributed by atoms with Gasteiger partial charge in [0, 0.05) is 29.6 Å². The normalized spacial score (nSPS) is 17.9. The van der Waals surface area contributed by atoms with E-state index in [9.17, 15) is 14.0 Å². The van der Waals surface area contributed by atoms with Gasteiger partial charge in [-0.1, -0.05) is 12.8 Å². The van der Waals surface area contributed by atoms with E-state index in [1.807, 2.05) is 4.90 Å². The Bertz CT molecular complexity index is 844. The van der Waals surface area contributed by atoms with Gasteiger partial charge < -0.3 is 10.2 Å². The van der Waals surface area contributed by atoms with Gasteiger partial charge in [-0.15, -0.1) is 11.3 Å². The van der Waals surface area contributed by atoms with Crippen molar-refractivity contribution < 1.29 is 14.0 Å². The number of thiophene rings is 1. The average molecular weight is 415 g/mol. The zero-order valence-corrected chi connectivity index (χ0v) is 17.4. The van der Waals surface area contributed by atoms with Crippen molar-refractivity contribution in [3.8, 4) is 0 Å². The predicted molar refractivity (Wildman–Crippen MR) is 113 cm³/mol. The van der Waals surface area contributed by atoms with Crippen LogP contribution in [0.25, 0.3) is 0 Å². The fourth-order valence-corrected chi connectivity index (χ4v) is 5.42. The lowest BCUT2D eigenvalue weighted by Crippen LogP contribution is -2.46. The maximum Gasteiger partial charge on any atom is 0.263 e. The largest absolute Gasteiger partial charge is 0.349 e. The zero-order valence-electron chi connectivity index (χ0n) is 16.6. The van der Waals surface area contributed by atoms with E-state index < -0.39 is 0 Å². The summed E-state index contributed by atoms with van der Waals surface area (Å²) in [6.07, 6.45) is 8.69. The van der Waals surface area contributed by atoms with E-state index in [-0.39, 0.29) is 23.7 Å². The maximum atomic E-state index is 13.0. The summed E-state index contributed by atoms with van der Waals surface area (Å²) in [4.78, 5) is 29.5. The lowest BCUT2D eigenvalue weighted by molar-refractivity contribution is 0.0702. The third-order valence-corrected chi connectivity index (χ3v) is 7.16. The number of hydrogen-bond donors (Lipinski definition) is 1. The Kier molecular flexibility index (Phi) is 6.28. The minimum absolute atomic E-state index is 0.0418. The van der Waals surface area contributed by atoms with Gasteiger partial charge in [-0.3, -0.25) is 9.59 Å². The van der Waals surface area contributed by atoms with Gasteiger partial charge in [0.2, 0.25) is 0 Å². The van der Waals surface area contributed by atoms with Crippen molar-refractivity contribution >= 4 is 23.2 Å². The summed E-state index contributed by atoms with van der Waals surface area (Å²) < 4.78 is 13.0. The molecule has 0 saturated carbocycles. The molecule has 2 aliphatic rings. The van der Waals surface area contributed by atoms with Gasteiger partial charge >= 0.3 is 0 Å². The number of aryl methyl sites for hydroxylation is 2. The summed E-state index contributed by atoms with van der Waals surface area (Å²) in [7, 11) is 0. The molecule has 29 heavy (non-hydrogen) atoms. The standard InChI is InChI=1S/C23H27FN2O2S/c24-18-9-7-16(8-10-18)22(27)25-19-11-13-26(14-12-19)23(28)21-15-17-5-3-1-2-4-6-20(17)29-21/h7-10,15,19H,1-6,11-14H2,(H,25,27). The van der Waals surface area contributed by atoms with E-state index in [1.165, 1.54) is 60.4 Å². The molecule has 4 nitrogen and oxygen atoms in total. The van der Waals surface area contributed by atoms with E-state index in [2.05, 4.69) is 11.4 Å². The van der Waals surface area contributed by atoms with Crippen molar-refractivity contribution in [3.05, 3.63) is 57.0 Å². The number of benzene rings is 1. The van der Waals surface area contributed by atoms with Crippen LogP contribution in [-0.4, -0.2) is 35.8 Å². The van der Waals surface area contributed by atoms with Crippen molar-refractivity contribution in [2.45, 2.75) is 57.4 Å². The fraction of sp³-hybridized carbons (Fsp3) is 0.478. The Hall–Kier alpha value is -2.21. The second kappa shape index (κ2) is 9.08. The molecule has 2 amide bonds. The Morgan fingerprint density at radius 2 is 1.69 bits per heavy atom. The Morgan fingerprint density at radius 3 is 2.41 bits per heavy atom. The molecule has 0 bridgehead atoms. The molecule has 1 N–H and O–H groups in total. The molecule has 1 saturated heterocycles. The first-order chi connectivity index (χ1) is 14.1. The highest BCUT2D eigenvalue weighted by atomic mass is 32.1. The van der Waals surface area contributed by atoms with Crippen LogP contribution >= 0.6 is 11.3 Å². The van der Waals surface area contributed by atoms with E-state index >= 15 is 0 Å². The average Bonchev–Trinajstić information content (AvgIpc) is 3.10. The molecule has 1 aliphatic heterocycles. The molecule has 0 atom stereocenters. The molecule has 0 radical (unpaired) electrons. The lowest BCUT2D eigenvalue weighted by Gasteiger charge is -2.32. The molecule has 1 fully saturated rings. The van der Waals surface area contributed by atoms with Gasteiger partial charge in [0.25, 0.3) is 11.8 Å². The summed E-state index contributed by atoms with van der Waals surface area (Å²) in [6, 6.07) is 7.73. The smallest absolute Gasteiger partial charge is 0.263 e. The monoisotopic (exact) mass is 414 g/mol. The maximum absolute atomic E-state index is 13.0. The van der Waals surface area contributed by atoms with Gasteiger partial charge in [0.05, 0.1) is 4.88 Å². The van der Waals surface area contributed by atoms with Crippen LogP contribution in [0.3, 0.4) is 0 Å². The number of fused-ring (bicyclic) bond motifs is 1. The number of amides is 2. The molecule has 6 heteroatoms. The van der Waals surface area contributed by atoms with E-state index in [0.29, 0.717) is 18.7 Å². The summed E-state index contributed by atoms with van der Waals surface area (Å²) >= 11 is 1.68. The summed E-state index contributed by atoms with van der Waals surface area (Å²) in [6.45, 7) is 1.30. The van der Waals surface area contributed by atoms with Crippen LogP contribution in [-0.2, 0) is 12.8 Å². The Balaban J connectivity index is 1.32. The molecule has 1 aliphatic carbocycles. The highest BCUT2D eigenvalue weighted by Crippen LogP contribution is 2.30. The number of hydrogen-bond acceptors (Lipinski definition) is 3. The first-order valence-electron chi connectivity index (χ1n) is 10.6. The van der Waals surface area contributed by atoms with Gasteiger partial charge in [-0.25, -0.2) is 4.39 Å². The van der Waals surface area contributed by atoms with Crippen LogP contribution in [0.4, 0.5) is 4.39 Å². The lowest BCUT2D eigenvalue weighted by atomic mass is 9.99. The summed E-state index contributed by atoms with van der Waals surface area (Å²) in [5, 5.41) is 3.01. The van der Waals surface area contributed by atoms with Crippen molar-refractivity contribution in [2.24, 2.45) is 0 Å². The number of piperidine rings is 1. The van der Waals surface area contributed by atoms with Gasteiger partial charge in [0.15, 0.2) is 0 Å². The Morgan fingerprint density at radius 1 is 1.00 bits per heavy atom. The first-order valence-corrected chi connectivity index (χ1v) is 11.4. The number of nitrogens with one attached hydrogen (secondary N) is 1. The molecule has 1 aromatic heterocycles.